The minimum atomic E-state index is -4.67. The zero-order valence-corrected chi connectivity index (χ0v) is 18.8. The lowest BCUT2D eigenvalue weighted by atomic mass is 10.0. The van der Waals surface area contributed by atoms with Crippen LogP contribution in [0.5, 0.6) is 0 Å². The maximum Gasteiger partial charge on any atom is 0.418 e. The standard InChI is InChI=1S/C24H20ClF3N4O2/c1-3-17(34)12-16-6-4-5-7-20(16)30-22-19(25)13-29-23(32-22)31-21-9-8-15(10-14(2)33)11-18(21)24(26,27)28/h3-9,11,13H,1,10,12H2,2H3,(H2,29,30,31,32). The summed E-state index contributed by atoms with van der Waals surface area (Å²) in [6.07, 6.45) is -2.21. The Balaban J connectivity index is 1.92. The number of ketones is 2. The minimum Gasteiger partial charge on any atom is -0.339 e. The normalized spacial score (nSPS) is 11.1. The molecule has 3 aromatic rings. The van der Waals surface area contributed by atoms with E-state index in [1.165, 1.54) is 31.3 Å². The van der Waals surface area contributed by atoms with Crippen molar-refractivity contribution in [1.82, 2.24) is 9.97 Å². The molecule has 2 N–H and O–H groups in total. The van der Waals surface area contributed by atoms with E-state index in [-0.39, 0.29) is 52.4 Å². The van der Waals surface area contributed by atoms with Gasteiger partial charge in [0, 0.05) is 18.5 Å². The predicted octanol–water partition coefficient (Wildman–Crippen LogP) is 6.07. The summed E-state index contributed by atoms with van der Waals surface area (Å²) in [7, 11) is 0. The molecule has 0 spiro atoms. The first-order valence-electron chi connectivity index (χ1n) is 10.1. The molecule has 0 amide bonds. The number of nitrogens with zero attached hydrogens (tertiary/aromatic N) is 2. The van der Waals surface area contributed by atoms with E-state index in [0.717, 1.165) is 6.07 Å². The number of aromatic nitrogens is 2. The first-order valence-corrected chi connectivity index (χ1v) is 10.4. The van der Waals surface area contributed by atoms with Crippen molar-refractivity contribution in [2.45, 2.75) is 25.9 Å². The van der Waals surface area contributed by atoms with Crippen LogP contribution in [0.1, 0.15) is 23.6 Å². The van der Waals surface area contributed by atoms with Gasteiger partial charge in [-0.15, -0.1) is 0 Å². The maximum atomic E-state index is 13.6. The Labute approximate surface area is 198 Å². The van der Waals surface area contributed by atoms with E-state index in [1.807, 2.05) is 0 Å². The van der Waals surface area contributed by atoms with E-state index in [0.29, 0.717) is 11.3 Å². The van der Waals surface area contributed by atoms with Gasteiger partial charge >= 0.3 is 6.18 Å². The summed E-state index contributed by atoms with van der Waals surface area (Å²) >= 11 is 6.20. The predicted molar refractivity (Wildman–Crippen MR) is 125 cm³/mol. The van der Waals surface area contributed by atoms with Crippen LogP contribution in [-0.2, 0) is 28.6 Å². The second-order valence-corrected chi connectivity index (χ2v) is 7.81. The number of rotatable bonds is 9. The Morgan fingerprint density at radius 2 is 1.82 bits per heavy atom. The number of alkyl halides is 3. The number of carbonyl (C=O) groups is 2. The number of nitrogens with one attached hydrogen (secondary N) is 2. The first kappa shape index (κ1) is 24.9. The quantitative estimate of drug-likeness (QED) is 0.356. The molecule has 6 nitrogen and oxygen atoms in total. The molecule has 34 heavy (non-hydrogen) atoms. The Morgan fingerprint density at radius 3 is 2.50 bits per heavy atom. The highest BCUT2D eigenvalue weighted by molar-refractivity contribution is 6.32. The summed E-state index contributed by atoms with van der Waals surface area (Å²) in [5, 5.41) is 5.71. The zero-order chi connectivity index (χ0) is 24.9. The topological polar surface area (TPSA) is 84.0 Å². The highest BCUT2D eigenvalue weighted by Gasteiger charge is 2.34. The number of Topliss-reactive ketones (excluding diaryl/α,β-unsaturated/α-hetero) is 1. The van der Waals surface area contributed by atoms with Crippen molar-refractivity contribution in [2.75, 3.05) is 10.6 Å². The Morgan fingerprint density at radius 1 is 1.09 bits per heavy atom. The van der Waals surface area contributed by atoms with Gasteiger partial charge in [-0.25, -0.2) is 4.98 Å². The molecule has 10 heteroatoms. The van der Waals surface area contributed by atoms with Crippen LogP contribution in [0.4, 0.5) is 36.3 Å². The fourth-order valence-electron chi connectivity index (χ4n) is 3.15. The number of hydrogen-bond acceptors (Lipinski definition) is 6. The molecule has 0 aliphatic heterocycles. The summed E-state index contributed by atoms with van der Waals surface area (Å²) in [5.41, 5.74) is 0.235. The van der Waals surface area contributed by atoms with E-state index in [2.05, 4.69) is 27.2 Å². The number of allylic oxidation sites excluding steroid dienone is 1. The molecular formula is C24H20ClF3N4O2. The van der Waals surface area contributed by atoms with Crippen molar-refractivity contribution in [3.05, 3.63) is 83.0 Å². The molecule has 1 heterocycles. The largest absolute Gasteiger partial charge is 0.418 e. The molecule has 0 aliphatic rings. The van der Waals surface area contributed by atoms with Crippen molar-refractivity contribution in [3.63, 3.8) is 0 Å². The van der Waals surface area contributed by atoms with E-state index >= 15 is 0 Å². The number of hydrogen-bond donors (Lipinski definition) is 2. The van der Waals surface area contributed by atoms with Gasteiger partial charge in [0.15, 0.2) is 11.6 Å². The third-order valence-corrected chi connectivity index (χ3v) is 4.97. The second kappa shape index (κ2) is 10.5. The highest BCUT2D eigenvalue weighted by Crippen LogP contribution is 2.37. The van der Waals surface area contributed by atoms with Crippen LogP contribution >= 0.6 is 11.6 Å². The van der Waals surface area contributed by atoms with Crippen LogP contribution in [0, 0.1) is 0 Å². The second-order valence-electron chi connectivity index (χ2n) is 7.40. The van der Waals surface area contributed by atoms with Crippen LogP contribution < -0.4 is 10.6 Å². The van der Waals surface area contributed by atoms with Crippen LogP contribution in [0.15, 0.2) is 61.3 Å². The number of anilines is 4. The van der Waals surface area contributed by atoms with Gasteiger partial charge in [0.1, 0.15) is 10.8 Å². The van der Waals surface area contributed by atoms with Crippen molar-refractivity contribution < 1.29 is 22.8 Å². The molecule has 0 atom stereocenters. The van der Waals surface area contributed by atoms with E-state index in [1.54, 1.807) is 24.3 Å². The van der Waals surface area contributed by atoms with E-state index in [9.17, 15) is 22.8 Å². The molecule has 0 unspecified atom stereocenters. The van der Waals surface area contributed by atoms with Crippen molar-refractivity contribution in [1.29, 1.82) is 0 Å². The highest BCUT2D eigenvalue weighted by atomic mass is 35.5. The lowest BCUT2D eigenvalue weighted by Gasteiger charge is -2.16. The van der Waals surface area contributed by atoms with Crippen LogP contribution in [0.2, 0.25) is 5.02 Å². The molecule has 0 aliphatic carbocycles. The summed E-state index contributed by atoms with van der Waals surface area (Å²) in [4.78, 5) is 31.3. The van der Waals surface area contributed by atoms with Gasteiger partial charge in [-0.2, -0.15) is 18.2 Å². The van der Waals surface area contributed by atoms with Crippen LogP contribution in [0.25, 0.3) is 0 Å². The van der Waals surface area contributed by atoms with Crippen molar-refractivity contribution >= 4 is 46.3 Å². The van der Waals surface area contributed by atoms with Crippen molar-refractivity contribution in [2.24, 2.45) is 0 Å². The molecule has 0 saturated heterocycles. The van der Waals surface area contributed by atoms with E-state index in [4.69, 9.17) is 11.6 Å². The minimum absolute atomic E-state index is 0.0992. The average Bonchev–Trinajstić information content (AvgIpc) is 2.77. The number of benzene rings is 2. The average molecular weight is 489 g/mol. The van der Waals surface area contributed by atoms with E-state index < -0.39 is 11.7 Å². The fourth-order valence-corrected chi connectivity index (χ4v) is 3.29. The summed E-state index contributed by atoms with van der Waals surface area (Å²) in [6.45, 7) is 4.77. The van der Waals surface area contributed by atoms with Crippen LogP contribution in [-0.4, -0.2) is 21.5 Å². The van der Waals surface area contributed by atoms with Gasteiger partial charge in [-0.05, 0) is 42.3 Å². The molecular weight excluding hydrogens is 469 g/mol. The molecule has 0 saturated carbocycles. The Kier molecular flexibility index (Phi) is 7.68. The number of para-hydroxylation sites is 1. The Bertz CT molecular complexity index is 1250. The molecule has 1 aromatic heterocycles. The number of halogens is 4. The summed E-state index contributed by atoms with van der Waals surface area (Å²) < 4.78 is 40.9. The fraction of sp³-hybridized carbons (Fsp3) is 0.167. The maximum absolute atomic E-state index is 13.6. The monoisotopic (exact) mass is 488 g/mol. The van der Waals surface area contributed by atoms with Gasteiger partial charge in [-0.3, -0.25) is 9.59 Å². The molecule has 0 fully saturated rings. The Hall–Kier alpha value is -3.72. The van der Waals surface area contributed by atoms with Gasteiger partial charge in [-0.1, -0.05) is 42.4 Å². The van der Waals surface area contributed by atoms with Gasteiger partial charge < -0.3 is 10.6 Å². The van der Waals surface area contributed by atoms with Gasteiger partial charge in [0.25, 0.3) is 0 Å². The third-order valence-electron chi connectivity index (χ3n) is 4.70. The molecule has 0 bridgehead atoms. The van der Waals surface area contributed by atoms with Crippen LogP contribution in [0.3, 0.4) is 0 Å². The molecule has 2 aromatic carbocycles. The zero-order valence-electron chi connectivity index (χ0n) is 18.0. The van der Waals surface area contributed by atoms with Gasteiger partial charge in [0.05, 0.1) is 17.4 Å². The lowest BCUT2D eigenvalue weighted by molar-refractivity contribution is -0.137. The summed E-state index contributed by atoms with van der Waals surface area (Å²) in [5.74, 6) is -0.422. The third kappa shape index (κ3) is 6.41. The van der Waals surface area contributed by atoms with Crippen molar-refractivity contribution in [3.8, 4) is 0 Å². The molecule has 3 rings (SSSR count). The number of carbonyl (C=O) groups excluding carboxylic acids is 2. The first-order chi connectivity index (χ1) is 16.1. The lowest BCUT2D eigenvalue weighted by Crippen LogP contribution is -2.11. The smallest absolute Gasteiger partial charge is 0.339 e. The molecule has 0 radical (unpaired) electrons. The van der Waals surface area contributed by atoms with Gasteiger partial charge in [0.2, 0.25) is 5.95 Å². The molecule has 176 valence electrons. The SMILES string of the molecule is C=CC(=O)Cc1ccccc1Nc1nc(Nc2ccc(CC(C)=O)cc2C(F)(F)F)ncc1Cl. The summed E-state index contributed by atoms with van der Waals surface area (Å²) in [6, 6.07) is 10.6.